The lowest BCUT2D eigenvalue weighted by atomic mass is 10.1. The summed E-state index contributed by atoms with van der Waals surface area (Å²) in [5.74, 6) is 0.136. The molecule has 0 heterocycles. The first-order chi connectivity index (χ1) is 10.6. The van der Waals surface area contributed by atoms with Gasteiger partial charge >= 0.3 is 5.97 Å². The second-order valence-electron chi connectivity index (χ2n) is 5.27. The highest BCUT2D eigenvalue weighted by atomic mass is 16.5. The van der Waals surface area contributed by atoms with Crippen molar-refractivity contribution < 1.29 is 14.3 Å². The van der Waals surface area contributed by atoms with E-state index in [9.17, 15) is 4.79 Å². The Kier molecular flexibility index (Phi) is 5.55. The van der Waals surface area contributed by atoms with Gasteiger partial charge in [-0.1, -0.05) is 42.5 Å². The zero-order valence-corrected chi connectivity index (χ0v) is 13.2. The van der Waals surface area contributed by atoms with E-state index in [1.54, 1.807) is 25.3 Å². The van der Waals surface area contributed by atoms with Gasteiger partial charge in [-0.3, -0.25) is 0 Å². The average Bonchev–Trinajstić information content (AvgIpc) is 2.54. The van der Waals surface area contributed by atoms with Gasteiger partial charge in [-0.05, 0) is 31.8 Å². The van der Waals surface area contributed by atoms with Crippen molar-refractivity contribution in [1.82, 2.24) is 4.90 Å². The highest BCUT2D eigenvalue weighted by molar-refractivity contribution is 5.92. The smallest absolute Gasteiger partial charge is 0.342 e. The fraction of sp³-hybridized carbons (Fsp3) is 0.278. The van der Waals surface area contributed by atoms with Crippen LogP contribution in [0.15, 0.2) is 54.6 Å². The van der Waals surface area contributed by atoms with Crippen LogP contribution < -0.4 is 4.74 Å². The van der Waals surface area contributed by atoms with E-state index in [1.165, 1.54) is 0 Å². The predicted molar refractivity (Wildman–Crippen MR) is 86.1 cm³/mol. The molecule has 0 saturated heterocycles. The largest absolute Gasteiger partial charge is 0.496 e. The number of methoxy groups -OCH3 is 1. The highest BCUT2D eigenvalue weighted by Gasteiger charge is 2.20. The summed E-state index contributed by atoms with van der Waals surface area (Å²) in [6.07, 6.45) is -0.325. The molecule has 0 N–H and O–H groups in total. The summed E-state index contributed by atoms with van der Waals surface area (Å²) >= 11 is 0. The van der Waals surface area contributed by atoms with E-state index >= 15 is 0 Å². The number of likely N-dealkylation sites (N-methyl/N-ethyl adjacent to an activating group) is 1. The number of carbonyl (C=O) groups is 1. The van der Waals surface area contributed by atoms with Gasteiger partial charge in [0.1, 0.15) is 17.4 Å². The van der Waals surface area contributed by atoms with E-state index in [1.807, 2.05) is 55.4 Å². The van der Waals surface area contributed by atoms with Crippen LogP contribution in [-0.4, -0.2) is 38.6 Å². The van der Waals surface area contributed by atoms with Crippen LogP contribution in [-0.2, 0) is 4.74 Å². The van der Waals surface area contributed by atoms with E-state index in [0.29, 0.717) is 17.9 Å². The van der Waals surface area contributed by atoms with Crippen LogP contribution in [0.1, 0.15) is 22.0 Å². The number of hydrogen-bond donors (Lipinski definition) is 0. The maximum atomic E-state index is 12.5. The Labute approximate surface area is 131 Å². The summed E-state index contributed by atoms with van der Waals surface area (Å²) in [6, 6.07) is 16.8. The molecule has 0 bridgehead atoms. The molecule has 0 aromatic heterocycles. The zero-order valence-electron chi connectivity index (χ0n) is 13.2. The van der Waals surface area contributed by atoms with Gasteiger partial charge in [0.05, 0.1) is 7.11 Å². The van der Waals surface area contributed by atoms with E-state index in [2.05, 4.69) is 0 Å². The standard InChI is InChI=1S/C18H21NO3/c1-19(2)13-17(14-9-5-4-6-10-14)22-18(20)15-11-7-8-12-16(15)21-3/h4-12,17H,13H2,1-3H3. The molecule has 22 heavy (non-hydrogen) atoms. The summed E-state index contributed by atoms with van der Waals surface area (Å²) in [5, 5.41) is 0. The van der Waals surface area contributed by atoms with E-state index < -0.39 is 0 Å². The molecule has 0 radical (unpaired) electrons. The van der Waals surface area contributed by atoms with Crippen molar-refractivity contribution in [2.24, 2.45) is 0 Å². The van der Waals surface area contributed by atoms with Gasteiger partial charge in [0.15, 0.2) is 0 Å². The Bertz CT molecular complexity index is 611. The minimum Gasteiger partial charge on any atom is -0.496 e. The molecular weight excluding hydrogens is 278 g/mol. The number of carbonyl (C=O) groups excluding carboxylic acids is 1. The Morgan fingerprint density at radius 1 is 1.05 bits per heavy atom. The van der Waals surface area contributed by atoms with Crippen molar-refractivity contribution >= 4 is 5.97 Å². The van der Waals surface area contributed by atoms with Gasteiger partial charge in [0.2, 0.25) is 0 Å². The first-order valence-electron chi connectivity index (χ1n) is 7.15. The number of nitrogens with zero attached hydrogens (tertiary/aromatic N) is 1. The fourth-order valence-corrected chi connectivity index (χ4v) is 2.22. The molecule has 4 nitrogen and oxygen atoms in total. The Morgan fingerprint density at radius 2 is 1.68 bits per heavy atom. The van der Waals surface area contributed by atoms with Crippen LogP contribution in [0.2, 0.25) is 0 Å². The SMILES string of the molecule is COc1ccccc1C(=O)OC(CN(C)C)c1ccccc1. The van der Waals surface area contributed by atoms with Gasteiger partial charge in [-0.15, -0.1) is 0 Å². The van der Waals surface area contributed by atoms with Crippen molar-refractivity contribution in [1.29, 1.82) is 0 Å². The number of rotatable bonds is 6. The highest BCUT2D eigenvalue weighted by Crippen LogP contribution is 2.24. The first-order valence-corrected chi connectivity index (χ1v) is 7.15. The van der Waals surface area contributed by atoms with E-state index in [4.69, 9.17) is 9.47 Å². The molecule has 0 amide bonds. The average molecular weight is 299 g/mol. The molecule has 0 fully saturated rings. The van der Waals surface area contributed by atoms with Crippen LogP contribution >= 0.6 is 0 Å². The van der Waals surface area contributed by atoms with Crippen LogP contribution in [0.5, 0.6) is 5.75 Å². The summed E-state index contributed by atoms with van der Waals surface area (Å²) < 4.78 is 10.9. The van der Waals surface area contributed by atoms with Crippen molar-refractivity contribution in [3.05, 3.63) is 65.7 Å². The lowest BCUT2D eigenvalue weighted by Gasteiger charge is -2.22. The van der Waals surface area contributed by atoms with Gasteiger partial charge < -0.3 is 14.4 Å². The van der Waals surface area contributed by atoms with Crippen molar-refractivity contribution in [2.75, 3.05) is 27.7 Å². The number of para-hydroxylation sites is 1. The van der Waals surface area contributed by atoms with Crippen molar-refractivity contribution in [3.63, 3.8) is 0 Å². The zero-order chi connectivity index (χ0) is 15.9. The lowest BCUT2D eigenvalue weighted by molar-refractivity contribution is 0.0233. The third-order valence-corrected chi connectivity index (χ3v) is 3.28. The third kappa shape index (κ3) is 4.09. The minimum absolute atomic E-state index is 0.325. The Hall–Kier alpha value is -2.33. The Balaban J connectivity index is 2.21. The fourth-order valence-electron chi connectivity index (χ4n) is 2.22. The summed E-state index contributed by atoms with van der Waals surface area (Å²) in [4.78, 5) is 14.5. The summed E-state index contributed by atoms with van der Waals surface area (Å²) in [6.45, 7) is 0.616. The molecule has 2 rings (SSSR count). The normalized spacial score (nSPS) is 12.0. The molecule has 4 heteroatoms. The van der Waals surface area contributed by atoms with Crippen LogP contribution in [0.3, 0.4) is 0 Å². The topological polar surface area (TPSA) is 38.8 Å². The first kappa shape index (κ1) is 16.0. The minimum atomic E-state index is -0.381. The molecule has 0 saturated carbocycles. The molecule has 1 unspecified atom stereocenters. The summed E-state index contributed by atoms with van der Waals surface area (Å²) in [5.41, 5.74) is 1.41. The number of ether oxygens (including phenoxy) is 2. The maximum Gasteiger partial charge on any atom is 0.342 e. The summed E-state index contributed by atoms with van der Waals surface area (Å²) in [7, 11) is 5.44. The predicted octanol–water partition coefficient (Wildman–Crippen LogP) is 3.15. The number of benzene rings is 2. The second kappa shape index (κ2) is 7.61. The maximum absolute atomic E-state index is 12.5. The van der Waals surface area contributed by atoms with Crippen molar-refractivity contribution in [3.8, 4) is 5.75 Å². The van der Waals surface area contributed by atoms with Crippen LogP contribution in [0.25, 0.3) is 0 Å². The molecule has 0 spiro atoms. The molecule has 1 atom stereocenters. The van der Waals surface area contributed by atoms with Crippen molar-refractivity contribution in [2.45, 2.75) is 6.10 Å². The molecule has 2 aromatic rings. The van der Waals surface area contributed by atoms with Gasteiger partial charge in [0.25, 0.3) is 0 Å². The number of esters is 1. The second-order valence-corrected chi connectivity index (χ2v) is 5.27. The quantitative estimate of drug-likeness (QED) is 0.768. The van der Waals surface area contributed by atoms with E-state index in [0.717, 1.165) is 5.56 Å². The van der Waals surface area contributed by atoms with Crippen LogP contribution in [0.4, 0.5) is 0 Å². The molecule has 0 aliphatic rings. The van der Waals surface area contributed by atoms with Gasteiger partial charge in [-0.2, -0.15) is 0 Å². The third-order valence-electron chi connectivity index (χ3n) is 3.28. The molecule has 0 aliphatic carbocycles. The molecule has 2 aromatic carbocycles. The monoisotopic (exact) mass is 299 g/mol. The molecule has 116 valence electrons. The molecule has 0 aliphatic heterocycles. The van der Waals surface area contributed by atoms with Gasteiger partial charge in [0, 0.05) is 6.54 Å². The van der Waals surface area contributed by atoms with E-state index in [-0.39, 0.29) is 12.1 Å². The Morgan fingerprint density at radius 3 is 2.32 bits per heavy atom. The van der Waals surface area contributed by atoms with Crippen LogP contribution in [0, 0.1) is 0 Å². The van der Waals surface area contributed by atoms with Gasteiger partial charge in [-0.25, -0.2) is 4.79 Å². The molecular formula is C18H21NO3. The number of hydrogen-bond acceptors (Lipinski definition) is 4. The lowest BCUT2D eigenvalue weighted by Crippen LogP contribution is -2.24.